The number of allylic oxidation sites excluding steroid dienone is 2. The standard InChI is InChI=1S/C5H8.C4H6.2C3H7NO/c1-5-3-2-4-5;1-4-2-3-4;2*1-3(5)4-2/h1-4H2;1-3H2;2*1-2H3,(H,4,5). The van der Waals surface area contributed by atoms with Crippen LogP contribution in [0.5, 0.6) is 0 Å². The Morgan fingerprint density at radius 2 is 1.05 bits per heavy atom. The molecule has 0 heterocycles. The molecule has 0 aromatic heterocycles. The summed E-state index contributed by atoms with van der Waals surface area (Å²) in [6.45, 7) is 10.4. The molecule has 2 fully saturated rings. The molecular weight excluding hydrogens is 240 g/mol. The van der Waals surface area contributed by atoms with Crippen LogP contribution in [0.3, 0.4) is 0 Å². The number of amides is 2. The van der Waals surface area contributed by atoms with Gasteiger partial charge in [0.1, 0.15) is 0 Å². The van der Waals surface area contributed by atoms with Gasteiger partial charge in [0.2, 0.25) is 11.8 Å². The molecule has 0 spiro atoms. The smallest absolute Gasteiger partial charge is 0.216 e. The molecule has 0 saturated heterocycles. The van der Waals surface area contributed by atoms with Crippen molar-refractivity contribution < 1.29 is 9.59 Å². The minimum Gasteiger partial charge on any atom is -0.359 e. The summed E-state index contributed by atoms with van der Waals surface area (Å²) in [5.74, 6) is 0.00926. The van der Waals surface area contributed by atoms with Crippen LogP contribution >= 0.6 is 0 Å². The lowest BCUT2D eigenvalue weighted by molar-refractivity contribution is -0.119. The van der Waals surface area contributed by atoms with Gasteiger partial charge in [-0.2, -0.15) is 0 Å². The number of rotatable bonds is 0. The van der Waals surface area contributed by atoms with E-state index in [4.69, 9.17) is 0 Å². The second-order valence-electron chi connectivity index (χ2n) is 4.47. The second-order valence-corrected chi connectivity index (χ2v) is 4.47. The van der Waals surface area contributed by atoms with Gasteiger partial charge in [0.25, 0.3) is 0 Å². The molecular formula is C15H28N2O2. The summed E-state index contributed by atoms with van der Waals surface area (Å²) in [4.78, 5) is 19.4. The molecule has 4 heteroatoms. The fourth-order valence-corrected chi connectivity index (χ4v) is 0.515. The second kappa shape index (κ2) is 12.9. The maximum atomic E-state index is 9.70. The van der Waals surface area contributed by atoms with Crippen LogP contribution in [0.2, 0.25) is 0 Å². The summed E-state index contributed by atoms with van der Waals surface area (Å²) < 4.78 is 0. The molecule has 0 unspecified atom stereocenters. The van der Waals surface area contributed by atoms with Gasteiger partial charge in [-0.1, -0.05) is 24.3 Å². The predicted molar refractivity (Wildman–Crippen MR) is 80.8 cm³/mol. The zero-order chi connectivity index (χ0) is 15.3. The van der Waals surface area contributed by atoms with Gasteiger partial charge >= 0.3 is 0 Å². The Bertz CT molecular complexity index is 273. The first-order valence-electron chi connectivity index (χ1n) is 6.53. The molecule has 0 aromatic carbocycles. The van der Waals surface area contributed by atoms with E-state index in [0.29, 0.717) is 0 Å². The number of carbonyl (C=O) groups is 2. The van der Waals surface area contributed by atoms with Gasteiger partial charge in [0, 0.05) is 27.9 Å². The molecule has 0 bridgehead atoms. The number of hydrogen-bond acceptors (Lipinski definition) is 2. The fraction of sp³-hybridized carbons (Fsp3) is 0.600. The van der Waals surface area contributed by atoms with E-state index >= 15 is 0 Å². The number of hydrogen-bond donors (Lipinski definition) is 2. The van der Waals surface area contributed by atoms with Gasteiger partial charge in [-0.25, -0.2) is 0 Å². The minimum atomic E-state index is 0.00463. The third-order valence-corrected chi connectivity index (χ3v) is 2.37. The molecule has 2 N–H and O–H groups in total. The topological polar surface area (TPSA) is 58.2 Å². The van der Waals surface area contributed by atoms with E-state index in [1.54, 1.807) is 14.1 Å². The largest absolute Gasteiger partial charge is 0.359 e. The minimum absolute atomic E-state index is 0.00463. The molecule has 2 aliphatic rings. The number of carbonyl (C=O) groups excluding carboxylic acids is 2. The highest BCUT2D eigenvalue weighted by Gasteiger charge is 2.04. The van der Waals surface area contributed by atoms with Gasteiger partial charge in [-0.3, -0.25) is 9.59 Å². The molecule has 0 aromatic rings. The molecule has 2 saturated carbocycles. The lowest BCUT2D eigenvalue weighted by Crippen LogP contribution is -2.11. The van der Waals surface area contributed by atoms with E-state index in [0.717, 1.165) is 0 Å². The van der Waals surface area contributed by atoms with Crippen LogP contribution in [0.1, 0.15) is 46.0 Å². The van der Waals surface area contributed by atoms with Gasteiger partial charge in [-0.05, 0) is 32.1 Å². The lowest BCUT2D eigenvalue weighted by Gasteiger charge is -2.11. The SMILES string of the molecule is C=C1CC1.C=C1CCC1.CNC(C)=O.CNC(C)=O. The average Bonchev–Trinajstić information content (AvgIpc) is 3.11. The van der Waals surface area contributed by atoms with Crippen LogP contribution in [0.4, 0.5) is 0 Å². The highest BCUT2D eigenvalue weighted by Crippen LogP contribution is 2.23. The zero-order valence-corrected chi connectivity index (χ0v) is 12.8. The van der Waals surface area contributed by atoms with Crippen molar-refractivity contribution in [3.63, 3.8) is 0 Å². The van der Waals surface area contributed by atoms with Crippen molar-refractivity contribution in [1.29, 1.82) is 0 Å². The van der Waals surface area contributed by atoms with Crippen LogP contribution in [0.15, 0.2) is 24.3 Å². The molecule has 0 radical (unpaired) electrons. The summed E-state index contributed by atoms with van der Waals surface area (Å²) in [6.07, 6.45) is 6.55. The maximum absolute atomic E-state index is 9.70. The third kappa shape index (κ3) is 26.2. The lowest BCUT2D eigenvalue weighted by atomic mass is 9.95. The Morgan fingerprint density at radius 1 is 0.842 bits per heavy atom. The monoisotopic (exact) mass is 268 g/mol. The molecule has 2 amide bonds. The van der Waals surface area contributed by atoms with Crippen molar-refractivity contribution >= 4 is 11.8 Å². The Kier molecular flexibility index (Phi) is 13.4. The summed E-state index contributed by atoms with van der Waals surface area (Å²) in [7, 11) is 3.20. The first-order valence-corrected chi connectivity index (χ1v) is 6.53. The van der Waals surface area contributed by atoms with E-state index in [9.17, 15) is 9.59 Å². The molecule has 19 heavy (non-hydrogen) atoms. The van der Waals surface area contributed by atoms with Gasteiger partial charge < -0.3 is 10.6 Å². The van der Waals surface area contributed by atoms with Crippen LogP contribution < -0.4 is 10.6 Å². The zero-order valence-electron chi connectivity index (χ0n) is 12.8. The molecule has 4 nitrogen and oxygen atoms in total. The van der Waals surface area contributed by atoms with Gasteiger partial charge in [0.15, 0.2) is 0 Å². The Labute approximate surface area is 117 Å². The maximum Gasteiger partial charge on any atom is 0.216 e. The van der Waals surface area contributed by atoms with E-state index in [1.807, 2.05) is 0 Å². The van der Waals surface area contributed by atoms with Crippen molar-refractivity contribution in [1.82, 2.24) is 10.6 Å². The molecule has 2 aliphatic carbocycles. The van der Waals surface area contributed by atoms with E-state index in [-0.39, 0.29) is 11.8 Å². The molecule has 2 rings (SSSR count). The first kappa shape index (κ1) is 19.8. The third-order valence-electron chi connectivity index (χ3n) is 2.37. The average molecular weight is 268 g/mol. The van der Waals surface area contributed by atoms with Crippen molar-refractivity contribution in [3.8, 4) is 0 Å². The summed E-state index contributed by atoms with van der Waals surface area (Å²) in [6, 6.07) is 0. The van der Waals surface area contributed by atoms with Crippen LogP contribution in [-0.4, -0.2) is 25.9 Å². The Hall–Kier alpha value is -1.58. The molecule has 0 aliphatic heterocycles. The number of nitrogens with one attached hydrogen (secondary N) is 2. The van der Waals surface area contributed by atoms with Crippen molar-refractivity contribution in [2.45, 2.75) is 46.0 Å². The Balaban J connectivity index is 0. The Morgan fingerprint density at radius 3 is 1.05 bits per heavy atom. The first-order chi connectivity index (χ1) is 8.83. The van der Waals surface area contributed by atoms with Crippen molar-refractivity contribution in [2.75, 3.05) is 14.1 Å². The van der Waals surface area contributed by atoms with Gasteiger partial charge in [0.05, 0.1) is 0 Å². The summed E-state index contributed by atoms with van der Waals surface area (Å²) >= 11 is 0. The summed E-state index contributed by atoms with van der Waals surface area (Å²) in [5.41, 5.74) is 2.85. The predicted octanol–water partition coefficient (Wildman–Crippen LogP) is 2.57. The van der Waals surface area contributed by atoms with Crippen molar-refractivity contribution in [2.24, 2.45) is 0 Å². The van der Waals surface area contributed by atoms with Crippen LogP contribution in [0.25, 0.3) is 0 Å². The van der Waals surface area contributed by atoms with Crippen molar-refractivity contribution in [3.05, 3.63) is 24.3 Å². The van der Waals surface area contributed by atoms with Crippen LogP contribution in [-0.2, 0) is 9.59 Å². The normalized spacial score (nSPS) is 13.9. The van der Waals surface area contributed by atoms with Crippen LogP contribution in [0, 0.1) is 0 Å². The quantitative estimate of drug-likeness (QED) is 0.663. The van der Waals surface area contributed by atoms with E-state index < -0.39 is 0 Å². The molecule has 0 atom stereocenters. The highest BCUT2D eigenvalue weighted by atomic mass is 16.1. The summed E-state index contributed by atoms with van der Waals surface area (Å²) in [5, 5.41) is 4.78. The van der Waals surface area contributed by atoms with Gasteiger partial charge in [-0.15, -0.1) is 0 Å². The fourth-order valence-electron chi connectivity index (χ4n) is 0.515. The molecule has 110 valence electrons. The van der Waals surface area contributed by atoms with E-state index in [2.05, 4.69) is 23.8 Å². The van der Waals surface area contributed by atoms with E-state index in [1.165, 1.54) is 57.1 Å². The highest BCUT2D eigenvalue weighted by molar-refractivity contribution is 5.72.